The van der Waals surface area contributed by atoms with Crippen LogP contribution in [0.25, 0.3) is 0 Å². The maximum absolute atomic E-state index is 10.7. The Morgan fingerprint density at radius 3 is 2.40 bits per heavy atom. The van der Waals surface area contributed by atoms with Crippen LogP contribution in [-0.2, 0) is 11.2 Å². The molecule has 1 aromatic carbocycles. The van der Waals surface area contributed by atoms with Gasteiger partial charge in [0.1, 0.15) is 5.75 Å². The third-order valence-corrected chi connectivity index (χ3v) is 2.59. The number of carbonyl (C=O) groups is 1. The monoisotopic (exact) mass is 208 g/mol. The lowest BCUT2D eigenvalue weighted by atomic mass is 9.96. The Kier molecular flexibility index (Phi) is 3.35. The van der Waals surface area contributed by atoms with Crippen molar-refractivity contribution >= 4 is 5.97 Å². The van der Waals surface area contributed by atoms with Gasteiger partial charge in [-0.05, 0) is 43.0 Å². The summed E-state index contributed by atoms with van der Waals surface area (Å²) in [7, 11) is 1.61. The van der Waals surface area contributed by atoms with Gasteiger partial charge in [-0.25, -0.2) is 0 Å². The highest BCUT2D eigenvalue weighted by Crippen LogP contribution is 2.28. The van der Waals surface area contributed by atoms with Crippen LogP contribution in [-0.4, -0.2) is 18.2 Å². The summed E-state index contributed by atoms with van der Waals surface area (Å²) in [5, 5.41) is 8.81. The molecular formula is C12H16O3. The molecule has 1 rings (SSSR count). The number of benzene rings is 1. The molecule has 0 unspecified atom stereocenters. The van der Waals surface area contributed by atoms with Crippen LogP contribution in [0, 0.1) is 20.8 Å². The van der Waals surface area contributed by atoms with Crippen molar-refractivity contribution in [3.05, 3.63) is 28.3 Å². The Hall–Kier alpha value is -1.51. The summed E-state index contributed by atoms with van der Waals surface area (Å²) in [6.07, 6.45) is 0.0499. The van der Waals surface area contributed by atoms with Crippen LogP contribution in [0.15, 0.2) is 6.07 Å². The van der Waals surface area contributed by atoms with Gasteiger partial charge in [0.05, 0.1) is 13.5 Å². The largest absolute Gasteiger partial charge is 0.496 e. The molecule has 0 fully saturated rings. The zero-order chi connectivity index (χ0) is 11.6. The number of aliphatic carboxylic acids is 1. The maximum Gasteiger partial charge on any atom is 0.307 e. The van der Waals surface area contributed by atoms with Gasteiger partial charge >= 0.3 is 5.97 Å². The fourth-order valence-corrected chi connectivity index (χ4v) is 1.94. The van der Waals surface area contributed by atoms with E-state index in [0.29, 0.717) is 0 Å². The molecule has 0 aliphatic rings. The highest BCUT2D eigenvalue weighted by Gasteiger charge is 2.13. The topological polar surface area (TPSA) is 46.5 Å². The smallest absolute Gasteiger partial charge is 0.307 e. The van der Waals surface area contributed by atoms with Gasteiger partial charge < -0.3 is 9.84 Å². The average Bonchev–Trinajstić information content (AvgIpc) is 2.12. The SMILES string of the molecule is COc1c(C)cc(C)c(CC(=O)O)c1C. The molecule has 0 saturated heterocycles. The van der Waals surface area contributed by atoms with E-state index in [1.54, 1.807) is 7.11 Å². The second-order valence-electron chi connectivity index (χ2n) is 3.72. The molecule has 0 amide bonds. The van der Waals surface area contributed by atoms with E-state index in [2.05, 4.69) is 0 Å². The van der Waals surface area contributed by atoms with E-state index >= 15 is 0 Å². The van der Waals surface area contributed by atoms with Gasteiger partial charge in [-0.2, -0.15) is 0 Å². The van der Waals surface area contributed by atoms with Crippen molar-refractivity contribution in [2.45, 2.75) is 27.2 Å². The van der Waals surface area contributed by atoms with Gasteiger partial charge in [-0.15, -0.1) is 0 Å². The van der Waals surface area contributed by atoms with Gasteiger partial charge in [0.2, 0.25) is 0 Å². The first kappa shape index (κ1) is 11.6. The van der Waals surface area contributed by atoms with Crippen LogP contribution < -0.4 is 4.74 Å². The number of carboxylic acid groups (broad SMARTS) is 1. The highest BCUT2D eigenvalue weighted by atomic mass is 16.5. The van der Waals surface area contributed by atoms with Crippen LogP contribution in [0.5, 0.6) is 5.75 Å². The second-order valence-corrected chi connectivity index (χ2v) is 3.72. The summed E-state index contributed by atoms with van der Waals surface area (Å²) in [6.45, 7) is 5.79. The van der Waals surface area contributed by atoms with Crippen LogP contribution in [0.3, 0.4) is 0 Å². The van der Waals surface area contributed by atoms with Crippen molar-refractivity contribution in [1.82, 2.24) is 0 Å². The molecule has 3 heteroatoms. The molecule has 0 saturated carbocycles. The molecule has 0 bridgehead atoms. The van der Waals surface area contributed by atoms with Crippen LogP contribution in [0.1, 0.15) is 22.3 Å². The van der Waals surface area contributed by atoms with Gasteiger partial charge in [0.25, 0.3) is 0 Å². The third-order valence-electron chi connectivity index (χ3n) is 2.59. The molecule has 0 radical (unpaired) electrons. The average molecular weight is 208 g/mol. The van der Waals surface area contributed by atoms with Gasteiger partial charge in [-0.3, -0.25) is 4.79 Å². The predicted molar refractivity (Wildman–Crippen MR) is 58.5 cm³/mol. The van der Waals surface area contributed by atoms with Crippen LogP contribution in [0.4, 0.5) is 0 Å². The van der Waals surface area contributed by atoms with E-state index in [4.69, 9.17) is 9.84 Å². The Morgan fingerprint density at radius 1 is 1.33 bits per heavy atom. The molecule has 1 aromatic rings. The van der Waals surface area contributed by atoms with Crippen molar-refractivity contribution in [1.29, 1.82) is 0 Å². The molecular weight excluding hydrogens is 192 g/mol. The summed E-state index contributed by atoms with van der Waals surface area (Å²) in [4.78, 5) is 10.7. The Morgan fingerprint density at radius 2 is 1.93 bits per heavy atom. The normalized spacial score (nSPS) is 10.1. The number of ether oxygens (including phenoxy) is 1. The van der Waals surface area contributed by atoms with Gasteiger partial charge in [0, 0.05) is 0 Å². The minimum atomic E-state index is -0.813. The molecule has 0 atom stereocenters. The molecule has 82 valence electrons. The number of hydrogen-bond acceptors (Lipinski definition) is 2. The molecule has 0 heterocycles. The minimum absolute atomic E-state index is 0.0499. The highest BCUT2D eigenvalue weighted by molar-refractivity contribution is 5.72. The molecule has 1 N–H and O–H groups in total. The van der Waals surface area contributed by atoms with Crippen molar-refractivity contribution in [2.75, 3.05) is 7.11 Å². The van der Waals surface area contributed by atoms with E-state index in [0.717, 1.165) is 28.0 Å². The Balaban J connectivity index is 3.32. The molecule has 3 nitrogen and oxygen atoms in total. The van der Waals surface area contributed by atoms with E-state index < -0.39 is 5.97 Å². The molecule has 0 aromatic heterocycles. The van der Waals surface area contributed by atoms with Gasteiger partial charge in [-0.1, -0.05) is 6.07 Å². The Labute approximate surface area is 89.7 Å². The minimum Gasteiger partial charge on any atom is -0.496 e. The van der Waals surface area contributed by atoms with E-state index in [1.807, 2.05) is 26.8 Å². The number of carboxylic acids is 1. The summed E-state index contributed by atoms with van der Waals surface area (Å²) < 4.78 is 5.26. The summed E-state index contributed by atoms with van der Waals surface area (Å²) in [5.74, 6) is -0.0241. The standard InChI is InChI=1S/C12H16O3/c1-7-5-8(2)12(15-4)9(3)10(7)6-11(13)14/h5H,6H2,1-4H3,(H,13,14). The fraction of sp³-hybridized carbons (Fsp3) is 0.417. The first-order valence-corrected chi connectivity index (χ1v) is 4.82. The van der Waals surface area contributed by atoms with Crippen molar-refractivity contribution in [2.24, 2.45) is 0 Å². The zero-order valence-electron chi connectivity index (χ0n) is 9.55. The molecule has 0 aliphatic carbocycles. The van der Waals surface area contributed by atoms with Crippen molar-refractivity contribution in [3.63, 3.8) is 0 Å². The lowest BCUT2D eigenvalue weighted by Crippen LogP contribution is -2.06. The zero-order valence-corrected chi connectivity index (χ0v) is 9.55. The number of hydrogen-bond donors (Lipinski definition) is 1. The predicted octanol–water partition coefficient (Wildman–Crippen LogP) is 2.25. The summed E-state index contributed by atoms with van der Waals surface area (Å²) in [6, 6.07) is 1.96. The number of aryl methyl sites for hydroxylation is 2. The first-order chi connectivity index (χ1) is 6.97. The van der Waals surface area contributed by atoms with E-state index in [1.165, 1.54) is 0 Å². The summed E-state index contributed by atoms with van der Waals surface area (Å²) >= 11 is 0. The molecule has 15 heavy (non-hydrogen) atoms. The second kappa shape index (κ2) is 4.34. The third kappa shape index (κ3) is 2.29. The lowest BCUT2D eigenvalue weighted by Gasteiger charge is -2.14. The van der Waals surface area contributed by atoms with E-state index in [-0.39, 0.29) is 6.42 Å². The van der Waals surface area contributed by atoms with E-state index in [9.17, 15) is 4.79 Å². The lowest BCUT2D eigenvalue weighted by molar-refractivity contribution is -0.136. The quantitative estimate of drug-likeness (QED) is 0.828. The molecule has 0 aliphatic heterocycles. The van der Waals surface area contributed by atoms with Crippen molar-refractivity contribution in [3.8, 4) is 5.75 Å². The van der Waals surface area contributed by atoms with Crippen LogP contribution in [0.2, 0.25) is 0 Å². The number of methoxy groups -OCH3 is 1. The van der Waals surface area contributed by atoms with Crippen molar-refractivity contribution < 1.29 is 14.6 Å². The summed E-state index contributed by atoms with van der Waals surface area (Å²) in [5.41, 5.74) is 3.83. The maximum atomic E-state index is 10.7. The van der Waals surface area contributed by atoms with Gasteiger partial charge in [0.15, 0.2) is 0 Å². The fourth-order valence-electron chi connectivity index (χ4n) is 1.94. The molecule has 0 spiro atoms. The Bertz CT molecular complexity index is 394. The number of rotatable bonds is 3. The van der Waals surface area contributed by atoms with Crippen LogP contribution >= 0.6 is 0 Å². The first-order valence-electron chi connectivity index (χ1n) is 4.82.